The second-order valence-corrected chi connectivity index (χ2v) is 6.08. The van der Waals surface area contributed by atoms with Crippen molar-refractivity contribution in [2.45, 2.75) is 84.3 Å². The van der Waals surface area contributed by atoms with Crippen molar-refractivity contribution < 1.29 is 51.4 Å². The summed E-state index contributed by atoms with van der Waals surface area (Å²) in [5.41, 5.74) is 0. The molecule has 7 heteroatoms. The second kappa shape index (κ2) is 15.7. The summed E-state index contributed by atoms with van der Waals surface area (Å²) in [6.07, 6.45) is 9.70. The second-order valence-electron chi connectivity index (χ2n) is 5.07. The fourth-order valence-corrected chi connectivity index (χ4v) is 2.39. The van der Waals surface area contributed by atoms with Crippen LogP contribution in [0.5, 0.6) is 0 Å². The average Bonchev–Trinajstić information content (AvgIpc) is 2.35. The summed E-state index contributed by atoms with van der Waals surface area (Å²) >= 11 is 0. The predicted molar refractivity (Wildman–Crippen MR) is 78.0 cm³/mol. The number of hydrogen-bond acceptors (Lipinski definition) is 5. The van der Waals surface area contributed by atoms with Gasteiger partial charge in [-0.3, -0.25) is 0 Å². The van der Waals surface area contributed by atoms with Crippen LogP contribution in [0.3, 0.4) is 0 Å². The Morgan fingerprint density at radius 3 is 1.90 bits per heavy atom. The molecule has 0 aromatic carbocycles. The monoisotopic (exact) mass is 332 g/mol. The summed E-state index contributed by atoms with van der Waals surface area (Å²) in [5.74, 6) is 0. The fraction of sp³-hybridized carbons (Fsp3) is 1.00. The Morgan fingerprint density at radius 2 is 1.43 bits per heavy atom. The summed E-state index contributed by atoms with van der Waals surface area (Å²) in [6.45, 7) is 4.52. The molecule has 5 nitrogen and oxygen atoms in total. The van der Waals surface area contributed by atoms with Crippen molar-refractivity contribution in [3.63, 3.8) is 0 Å². The number of unbranched alkanes of at least 4 members (excludes halogenated alkanes) is 7. The fourth-order valence-electron chi connectivity index (χ4n) is 1.98. The minimum absolute atomic E-state index is 0. The zero-order valence-electron chi connectivity index (χ0n) is 13.8. The molecule has 0 aliphatic carbocycles. The molecule has 0 aliphatic rings. The molecular weight excluding hydrogens is 303 g/mol. The van der Waals surface area contributed by atoms with Crippen LogP contribution in [0.25, 0.3) is 0 Å². The molecule has 1 unspecified atom stereocenters. The van der Waals surface area contributed by atoms with Crippen molar-refractivity contribution in [1.29, 1.82) is 0 Å². The van der Waals surface area contributed by atoms with Crippen LogP contribution in [0.4, 0.5) is 0 Å². The first-order valence-corrected chi connectivity index (χ1v) is 9.08. The van der Waals surface area contributed by atoms with E-state index in [2.05, 4.69) is 11.1 Å². The molecule has 0 amide bonds. The van der Waals surface area contributed by atoms with E-state index < -0.39 is 16.7 Å². The third-order valence-corrected chi connectivity index (χ3v) is 3.50. The van der Waals surface area contributed by atoms with Crippen LogP contribution < -0.4 is 29.6 Å². The van der Waals surface area contributed by atoms with Gasteiger partial charge in [-0.2, -0.15) is 0 Å². The first-order chi connectivity index (χ1) is 9.49. The molecule has 0 radical (unpaired) electrons. The predicted octanol–water partition coefficient (Wildman–Crippen LogP) is 0.751. The van der Waals surface area contributed by atoms with E-state index in [0.717, 1.165) is 12.8 Å². The van der Waals surface area contributed by atoms with Gasteiger partial charge in [-0.05, 0) is 12.8 Å². The Bertz CT molecular complexity index is 308. The summed E-state index contributed by atoms with van der Waals surface area (Å²) < 4.78 is 41.2. The normalized spacial score (nSPS) is 12.9. The van der Waals surface area contributed by atoms with Gasteiger partial charge in [0.05, 0.1) is 0 Å². The standard InChI is InChI=1S/C14H30O5S.Na/c1-3-5-6-7-8-9-10-11-13-18-14(12-4-2)19-20(15,16)17;/h14H,3-13H2,1-2H3,(H,15,16,17);/q;+1/p-1. The number of hydrogen-bond donors (Lipinski definition) is 0. The summed E-state index contributed by atoms with van der Waals surface area (Å²) in [5, 5.41) is 0. The molecule has 122 valence electrons. The van der Waals surface area contributed by atoms with Crippen molar-refractivity contribution in [3.05, 3.63) is 0 Å². The third kappa shape index (κ3) is 18.8. The maximum Gasteiger partial charge on any atom is 1.00 e. The summed E-state index contributed by atoms with van der Waals surface area (Å²) in [6, 6.07) is 0. The van der Waals surface area contributed by atoms with E-state index in [1.54, 1.807) is 0 Å². The van der Waals surface area contributed by atoms with Crippen molar-refractivity contribution >= 4 is 10.4 Å². The Labute approximate surface area is 152 Å². The van der Waals surface area contributed by atoms with Crippen LogP contribution in [-0.2, 0) is 19.3 Å². The molecule has 0 saturated carbocycles. The topological polar surface area (TPSA) is 75.7 Å². The summed E-state index contributed by atoms with van der Waals surface area (Å²) in [4.78, 5) is 0. The van der Waals surface area contributed by atoms with Gasteiger partial charge in [0.25, 0.3) is 0 Å². The largest absolute Gasteiger partial charge is 1.00 e. The first kappa shape index (κ1) is 24.1. The van der Waals surface area contributed by atoms with Gasteiger partial charge >= 0.3 is 29.6 Å². The van der Waals surface area contributed by atoms with Gasteiger partial charge in [0.1, 0.15) is 0 Å². The minimum atomic E-state index is -4.68. The van der Waals surface area contributed by atoms with E-state index >= 15 is 0 Å². The van der Waals surface area contributed by atoms with Crippen LogP contribution in [0.2, 0.25) is 0 Å². The van der Waals surface area contributed by atoms with E-state index in [0.29, 0.717) is 19.4 Å². The van der Waals surface area contributed by atoms with Crippen molar-refractivity contribution in [2.75, 3.05) is 6.61 Å². The molecule has 0 rings (SSSR count). The molecule has 0 bridgehead atoms. The molecule has 0 spiro atoms. The van der Waals surface area contributed by atoms with Gasteiger partial charge in [0.15, 0.2) is 6.29 Å². The molecule has 0 N–H and O–H groups in total. The van der Waals surface area contributed by atoms with Crippen molar-refractivity contribution in [1.82, 2.24) is 0 Å². The van der Waals surface area contributed by atoms with Gasteiger partial charge in [0, 0.05) is 6.61 Å². The Hall–Kier alpha value is 0.830. The SMILES string of the molecule is CCCCCCCCCCOC(CCC)OS(=O)(=O)[O-].[Na+]. The van der Waals surface area contributed by atoms with Crippen molar-refractivity contribution in [2.24, 2.45) is 0 Å². The van der Waals surface area contributed by atoms with Crippen LogP contribution >= 0.6 is 0 Å². The van der Waals surface area contributed by atoms with E-state index in [4.69, 9.17) is 4.74 Å². The molecule has 0 aliphatic heterocycles. The zero-order chi connectivity index (χ0) is 15.3. The Balaban J connectivity index is 0. The molecule has 0 aromatic heterocycles. The minimum Gasteiger partial charge on any atom is -0.725 e. The van der Waals surface area contributed by atoms with E-state index in [9.17, 15) is 13.0 Å². The van der Waals surface area contributed by atoms with Gasteiger partial charge < -0.3 is 9.29 Å². The van der Waals surface area contributed by atoms with Crippen LogP contribution in [-0.4, -0.2) is 25.9 Å². The Morgan fingerprint density at radius 1 is 0.905 bits per heavy atom. The van der Waals surface area contributed by atoms with E-state index in [-0.39, 0.29) is 29.6 Å². The molecule has 1 atom stereocenters. The molecule has 0 fully saturated rings. The molecular formula is C14H29NaO5S. The molecule has 21 heavy (non-hydrogen) atoms. The van der Waals surface area contributed by atoms with Gasteiger partial charge in [-0.15, -0.1) is 0 Å². The number of ether oxygens (including phenoxy) is 1. The van der Waals surface area contributed by atoms with Gasteiger partial charge in [0.2, 0.25) is 10.4 Å². The maximum atomic E-state index is 10.5. The van der Waals surface area contributed by atoms with Crippen LogP contribution in [0.15, 0.2) is 0 Å². The third-order valence-electron chi connectivity index (χ3n) is 3.05. The number of rotatable bonds is 14. The molecule has 0 heterocycles. The zero-order valence-corrected chi connectivity index (χ0v) is 16.6. The van der Waals surface area contributed by atoms with Gasteiger partial charge in [-0.25, -0.2) is 12.6 Å². The Kier molecular flexibility index (Phi) is 18.0. The van der Waals surface area contributed by atoms with Crippen molar-refractivity contribution in [3.8, 4) is 0 Å². The van der Waals surface area contributed by atoms with E-state index in [1.165, 1.54) is 38.5 Å². The average molecular weight is 332 g/mol. The maximum absolute atomic E-state index is 10.5. The van der Waals surface area contributed by atoms with Crippen LogP contribution in [0, 0.1) is 0 Å². The van der Waals surface area contributed by atoms with Gasteiger partial charge in [-0.1, -0.05) is 65.2 Å². The molecule has 0 aromatic rings. The quantitative estimate of drug-likeness (QED) is 0.154. The van der Waals surface area contributed by atoms with E-state index in [1.807, 2.05) is 6.92 Å². The smallest absolute Gasteiger partial charge is 0.725 e. The van der Waals surface area contributed by atoms with Crippen LogP contribution in [0.1, 0.15) is 78.1 Å². The first-order valence-electron chi connectivity index (χ1n) is 7.75. The summed E-state index contributed by atoms with van der Waals surface area (Å²) in [7, 11) is -4.68. The molecule has 0 saturated heterocycles.